The van der Waals surface area contributed by atoms with Crippen LogP contribution in [0.1, 0.15) is 18.5 Å². The fourth-order valence-electron chi connectivity index (χ4n) is 3.57. The summed E-state index contributed by atoms with van der Waals surface area (Å²) in [4.78, 5) is 27.0. The maximum Gasteiger partial charge on any atom is 0.338 e. The van der Waals surface area contributed by atoms with Crippen LogP contribution in [0.15, 0.2) is 72.1 Å². The molecule has 164 valence electrons. The van der Waals surface area contributed by atoms with E-state index in [-0.39, 0.29) is 18.7 Å². The van der Waals surface area contributed by atoms with Crippen molar-refractivity contribution in [3.63, 3.8) is 0 Å². The molecule has 0 bridgehead atoms. The lowest BCUT2D eigenvalue weighted by Gasteiger charge is -2.34. The van der Waals surface area contributed by atoms with Crippen molar-refractivity contribution in [3.05, 3.63) is 83.4 Å². The largest absolute Gasteiger partial charge is 0.463 e. The third-order valence-electron chi connectivity index (χ3n) is 5.20. The maximum absolute atomic E-state index is 13.5. The maximum atomic E-state index is 13.5. The monoisotopic (exact) mass is 435 g/mol. The van der Waals surface area contributed by atoms with E-state index in [1.807, 2.05) is 30.3 Å². The van der Waals surface area contributed by atoms with Gasteiger partial charge in [0.15, 0.2) is 0 Å². The highest BCUT2D eigenvalue weighted by Gasteiger charge is 2.37. The average Bonchev–Trinajstić information content (AvgIpc) is 3.27. The Hall–Kier alpha value is -4.01. The molecule has 0 saturated carbocycles. The van der Waals surface area contributed by atoms with Gasteiger partial charge in [0.1, 0.15) is 11.5 Å². The summed E-state index contributed by atoms with van der Waals surface area (Å²) in [6, 6.07) is 14.0. The molecule has 0 spiro atoms. The van der Waals surface area contributed by atoms with Crippen LogP contribution in [-0.4, -0.2) is 45.5 Å². The van der Waals surface area contributed by atoms with Crippen LogP contribution in [0.4, 0.5) is 9.18 Å². The Morgan fingerprint density at radius 1 is 1.16 bits per heavy atom. The second kappa shape index (κ2) is 9.01. The minimum absolute atomic E-state index is 0.121. The lowest BCUT2D eigenvalue weighted by molar-refractivity contribution is -0.139. The highest BCUT2D eigenvalue weighted by atomic mass is 19.1. The van der Waals surface area contributed by atoms with Crippen LogP contribution in [0, 0.1) is 5.82 Å². The average molecular weight is 435 g/mol. The quantitative estimate of drug-likeness (QED) is 0.600. The van der Waals surface area contributed by atoms with Crippen LogP contribution in [0.5, 0.6) is 0 Å². The molecule has 0 fully saturated rings. The van der Waals surface area contributed by atoms with Crippen molar-refractivity contribution in [2.75, 3.05) is 13.7 Å². The van der Waals surface area contributed by atoms with Gasteiger partial charge in [-0.3, -0.25) is 4.90 Å². The van der Waals surface area contributed by atoms with Gasteiger partial charge in [-0.05, 0) is 24.6 Å². The van der Waals surface area contributed by atoms with Crippen LogP contribution >= 0.6 is 0 Å². The van der Waals surface area contributed by atoms with Crippen molar-refractivity contribution in [2.24, 2.45) is 0 Å². The minimum Gasteiger partial charge on any atom is -0.463 e. The number of amides is 2. The molecule has 0 aliphatic carbocycles. The van der Waals surface area contributed by atoms with E-state index in [0.29, 0.717) is 17.0 Å². The van der Waals surface area contributed by atoms with Gasteiger partial charge >= 0.3 is 12.0 Å². The number of urea groups is 1. The van der Waals surface area contributed by atoms with E-state index in [4.69, 9.17) is 4.74 Å². The first-order valence-electron chi connectivity index (χ1n) is 10.1. The van der Waals surface area contributed by atoms with Gasteiger partial charge in [-0.1, -0.05) is 47.7 Å². The predicted molar refractivity (Wildman–Crippen MR) is 115 cm³/mol. The van der Waals surface area contributed by atoms with Gasteiger partial charge in [0.2, 0.25) is 0 Å². The Morgan fingerprint density at radius 3 is 2.56 bits per heavy atom. The van der Waals surface area contributed by atoms with E-state index in [9.17, 15) is 14.0 Å². The van der Waals surface area contributed by atoms with Crippen LogP contribution in [0.2, 0.25) is 0 Å². The molecule has 0 radical (unpaired) electrons. The first-order valence-corrected chi connectivity index (χ1v) is 10.1. The summed E-state index contributed by atoms with van der Waals surface area (Å²) in [5.41, 5.74) is 2.82. The number of esters is 1. The molecule has 1 aromatic heterocycles. The number of carbonyl (C=O) groups excluding carboxylic acids is 2. The lowest BCUT2D eigenvalue weighted by Crippen LogP contribution is -2.47. The number of halogens is 1. The molecule has 1 unspecified atom stereocenters. The molecule has 1 aliphatic rings. The molecular weight excluding hydrogens is 413 g/mol. The Labute approximate surface area is 184 Å². The smallest absolute Gasteiger partial charge is 0.338 e. The Morgan fingerprint density at radius 2 is 1.88 bits per heavy atom. The topological polar surface area (TPSA) is 89.4 Å². The van der Waals surface area contributed by atoms with Crippen molar-refractivity contribution < 1.29 is 18.7 Å². The standard InChI is InChI=1S/C23H22FN5O3/c1-3-32-22(30)20-19(14-29-13-18(26-27-29)15-7-5-4-6-8-15)28(2)23(31)25-21(20)16-9-11-17(24)12-10-16/h4-13,21H,3,14H2,1-2H3,(H,25,31). The Kier molecular flexibility index (Phi) is 5.98. The number of allylic oxidation sites excluding steroid dienone is 1. The van der Waals surface area contributed by atoms with E-state index in [1.54, 1.807) is 24.9 Å². The van der Waals surface area contributed by atoms with Gasteiger partial charge < -0.3 is 10.1 Å². The number of hydrogen-bond acceptors (Lipinski definition) is 5. The summed E-state index contributed by atoms with van der Waals surface area (Å²) in [6.07, 6.45) is 1.75. The van der Waals surface area contributed by atoms with Crippen molar-refractivity contribution in [1.82, 2.24) is 25.2 Å². The van der Waals surface area contributed by atoms with Crippen LogP contribution in [0.25, 0.3) is 11.3 Å². The number of carbonyl (C=O) groups is 2. The predicted octanol–water partition coefficient (Wildman–Crippen LogP) is 3.30. The van der Waals surface area contributed by atoms with E-state index >= 15 is 0 Å². The van der Waals surface area contributed by atoms with Crippen LogP contribution in [0.3, 0.4) is 0 Å². The number of ether oxygens (including phenoxy) is 1. The zero-order chi connectivity index (χ0) is 22.7. The number of aromatic nitrogens is 3. The van der Waals surface area contributed by atoms with Crippen LogP contribution in [-0.2, 0) is 16.1 Å². The fourth-order valence-corrected chi connectivity index (χ4v) is 3.57. The van der Waals surface area contributed by atoms with E-state index in [2.05, 4.69) is 15.6 Å². The molecule has 3 aromatic rings. The van der Waals surface area contributed by atoms with Gasteiger partial charge in [-0.2, -0.15) is 0 Å². The van der Waals surface area contributed by atoms with Crippen molar-refractivity contribution in [1.29, 1.82) is 0 Å². The zero-order valence-corrected chi connectivity index (χ0v) is 17.7. The molecule has 1 atom stereocenters. The minimum atomic E-state index is -0.787. The molecule has 32 heavy (non-hydrogen) atoms. The lowest BCUT2D eigenvalue weighted by atomic mass is 9.94. The highest BCUT2D eigenvalue weighted by molar-refractivity contribution is 5.95. The molecule has 8 nitrogen and oxygen atoms in total. The molecule has 1 N–H and O–H groups in total. The molecule has 4 rings (SSSR count). The summed E-state index contributed by atoms with van der Waals surface area (Å²) < 4.78 is 20.3. The Balaban J connectivity index is 1.76. The zero-order valence-electron chi connectivity index (χ0n) is 17.7. The number of rotatable bonds is 6. The molecule has 1 aliphatic heterocycles. The van der Waals surface area contributed by atoms with Gasteiger partial charge in [0, 0.05) is 12.6 Å². The number of likely N-dealkylation sites (N-methyl/N-ethyl adjacent to an activating group) is 1. The normalized spacial score (nSPS) is 16.2. The molecular formula is C23H22FN5O3. The first-order chi connectivity index (χ1) is 15.5. The van der Waals surface area contributed by atoms with E-state index in [1.165, 1.54) is 29.2 Å². The number of benzene rings is 2. The molecule has 2 aromatic carbocycles. The van der Waals surface area contributed by atoms with E-state index in [0.717, 1.165) is 5.56 Å². The summed E-state index contributed by atoms with van der Waals surface area (Å²) in [5, 5.41) is 11.2. The summed E-state index contributed by atoms with van der Waals surface area (Å²) >= 11 is 0. The van der Waals surface area contributed by atoms with Crippen molar-refractivity contribution in [2.45, 2.75) is 19.5 Å². The first kappa shape index (κ1) is 21.2. The summed E-state index contributed by atoms with van der Waals surface area (Å²) in [7, 11) is 1.57. The van der Waals surface area contributed by atoms with Gasteiger partial charge in [-0.15, -0.1) is 5.10 Å². The third-order valence-corrected chi connectivity index (χ3v) is 5.20. The fraction of sp³-hybridized carbons (Fsp3) is 0.217. The third kappa shape index (κ3) is 4.22. The summed E-state index contributed by atoms with van der Waals surface area (Å²) in [5.74, 6) is -0.974. The molecule has 9 heteroatoms. The number of hydrogen-bond donors (Lipinski definition) is 1. The number of nitrogens with zero attached hydrogens (tertiary/aromatic N) is 4. The summed E-state index contributed by atoms with van der Waals surface area (Å²) in [6.45, 7) is 2.00. The second-order valence-electron chi connectivity index (χ2n) is 7.24. The van der Waals surface area contributed by atoms with Crippen molar-refractivity contribution >= 4 is 12.0 Å². The van der Waals surface area contributed by atoms with Gasteiger partial charge in [-0.25, -0.2) is 18.7 Å². The highest BCUT2D eigenvalue weighted by Crippen LogP contribution is 2.32. The molecule has 0 saturated heterocycles. The second-order valence-corrected chi connectivity index (χ2v) is 7.24. The van der Waals surface area contributed by atoms with Gasteiger partial charge in [0.05, 0.1) is 36.7 Å². The van der Waals surface area contributed by atoms with Crippen LogP contribution < -0.4 is 5.32 Å². The Bertz CT molecular complexity index is 1160. The molecule has 2 amide bonds. The van der Waals surface area contributed by atoms with Gasteiger partial charge in [0.25, 0.3) is 0 Å². The SMILES string of the molecule is CCOC(=O)C1=C(Cn2cc(-c3ccccc3)nn2)N(C)C(=O)NC1c1ccc(F)cc1. The van der Waals surface area contributed by atoms with E-state index < -0.39 is 23.9 Å². The van der Waals surface area contributed by atoms with Crippen molar-refractivity contribution in [3.8, 4) is 11.3 Å². The molecule has 2 heterocycles. The number of nitrogens with one attached hydrogen (secondary N) is 1.